The molecule has 6 nitrogen and oxygen atoms in total. The number of H-pyrrole nitrogens is 1. The van der Waals surface area contributed by atoms with Crippen molar-refractivity contribution in [3.8, 4) is 17.3 Å². The highest BCUT2D eigenvalue weighted by molar-refractivity contribution is 5.85. The number of hydrogen-bond donors (Lipinski definition) is 1. The van der Waals surface area contributed by atoms with Gasteiger partial charge < -0.3 is 4.98 Å². The smallest absolute Gasteiger partial charge is 0.358 e. The van der Waals surface area contributed by atoms with Gasteiger partial charge in [-0.1, -0.05) is 27.8 Å². The molecule has 35 heavy (non-hydrogen) atoms. The first-order chi connectivity index (χ1) is 16.9. The van der Waals surface area contributed by atoms with Crippen LogP contribution in [0.2, 0.25) is 0 Å². The molecule has 4 heterocycles. The summed E-state index contributed by atoms with van der Waals surface area (Å²) in [5, 5.41) is 5.03. The first-order valence-corrected chi connectivity index (χ1v) is 11.0. The lowest BCUT2D eigenvalue weighted by molar-refractivity contribution is -0.136. The molecule has 1 aromatic carbocycles. The van der Waals surface area contributed by atoms with Gasteiger partial charge in [-0.05, 0) is 37.0 Å². The van der Waals surface area contributed by atoms with Crippen molar-refractivity contribution in [2.45, 2.75) is 25.4 Å². The number of pyridine rings is 1. The van der Waals surface area contributed by atoms with E-state index in [4.69, 9.17) is 0 Å². The van der Waals surface area contributed by atoms with Gasteiger partial charge >= 0.3 is 12.0 Å². The van der Waals surface area contributed by atoms with Crippen molar-refractivity contribution in [1.29, 1.82) is 0 Å². The van der Waals surface area contributed by atoms with Crippen LogP contribution in [0.1, 0.15) is 23.2 Å². The van der Waals surface area contributed by atoms with E-state index in [1.54, 1.807) is 0 Å². The molecule has 4 aromatic heterocycles. The van der Waals surface area contributed by atoms with Crippen LogP contribution in [-0.4, -0.2) is 24.6 Å². The van der Waals surface area contributed by atoms with E-state index >= 15 is 0 Å². The Balaban J connectivity index is 1.43. The zero-order valence-electron chi connectivity index (χ0n) is 18.1. The van der Waals surface area contributed by atoms with Gasteiger partial charge in [-0.25, -0.2) is 9.37 Å². The second-order valence-electron chi connectivity index (χ2n) is 8.49. The Bertz CT molecular complexity index is 1650. The number of aromatic amines is 1. The van der Waals surface area contributed by atoms with Crippen LogP contribution in [0.3, 0.4) is 0 Å². The molecule has 6 rings (SSSR count). The molecule has 0 radical (unpaired) electrons. The molecule has 0 aliphatic heterocycles. The van der Waals surface area contributed by atoms with Crippen LogP contribution in [0.5, 0.6) is 0 Å². The number of aromatic nitrogens is 5. The molecule has 0 saturated carbocycles. The molecule has 174 valence electrons. The van der Waals surface area contributed by atoms with Gasteiger partial charge in [0.15, 0.2) is 6.07 Å². The topological polar surface area (TPSA) is 63.2 Å². The monoisotopic (exact) mass is 477 g/mol. The minimum absolute atomic E-state index is 0.0261. The lowest BCUT2D eigenvalue weighted by atomic mass is 9.87. The zero-order valence-corrected chi connectivity index (χ0v) is 18.1. The lowest BCUT2D eigenvalue weighted by Crippen LogP contribution is -2.11. The zero-order chi connectivity index (χ0) is 24.2. The largest absolute Gasteiger partial charge is 0.423 e. The van der Waals surface area contributed by atoms with E-state index < -0.39 is 23.2 Å². The first kappa shape index (κ1) is 21.3. The van der Waals surface area contributed by atoms with Crippen LogP contribution >= 0.6 is 0 Å². The van der Waals surface area contributed by atoms with Gasteiger partial charge in [-0.3, -0.25) is 4.98 Å². The SMILES string of the molecule is Fc1cncc(-c2cc([N+]#CC3CCc4[nH]c5ccccc5c4C3)n3ncc(C(F)(F)F)c3n2)c1. The van der Waals surface area contributed by atoms with Gasteiger partial charge in [0.25, 0.3) is 5.65 Å². The third-order valence-corrected chi connectivity index (χ3v) is 6.22. The molecule has 0 bridgehead atoms. The van der Waals surface area contributed by atoms with Gasteiger partial charge in [0, 0.05) is 28.4 Å². The van der Waals surface area contributed by atoms with Crippen molar-refractivity contribution in [3.63, 3.8) is 0 Å². The van der Waals surface area contributed by atoms with E-state index in [0.29, 0.717) is 12.6 Å². The summed E-state index contributed by atoms with van der Waals surface area (Å²) < 4.78 is 55.5. The third-order valence-electron chi connectivity index (χ3n) is 6.22. The van der Waals surface area contributed by atoms with Crippen molar-refractivity contribution in [2.24, 2.45) is 5.92 Å². The molecule has 1 unspecified atom stereocenters. The van der Waals surface area contributed by atoms with E-state index in [-0.39, 0.29) is 23.0 Å². The Morgan fingerprint density at radius 1 is 1.11 bits per heavy atom. The molecule has 5 aromatic rings. The fourth-order valence-corrected chi connectivity index (χ4v) is 4.56. The predicted octanol–water partition coefficient (Wildman–Crippen LogP) is 6.20. The van der Waals surface area contributed by atoms with Crippen molar-refractivity contribution in [2.75, 3.05) is 0 Å². The number of hydrogen-bond acceptors (Lipinski definition) is 3. The molecule has 0 saturated heterocycles. The summed E-state index contributed by atoms with van der Waals surface area (Å²) in [4.78, 5) is 15.8. The Morgan fingerprint density at radius 3 is 2.80 bits per heavy atom. The molecule has 1 N–H and O–H groups in total. The van der Waals surface area contributed by atoms with E-state index in [1.165, 1.54) is 23.5 Å². The molecule has 0 fully saturated rings. The van der Waals surface area contributed by atoms with Gasteiger partial charge in [0.2, 0.25) is 0 Å². The third kappa shape index (κ3) is 3.79. The van der Waals surface area contributed by atoms with Crippen molar-refractivity contribution >= 4 is 22.4 Å². The minimum Gasteiger partial charge on any atom is -0.358 e. The first-order valence-electron chi connectivity index (χ1n) is 11.0. The second-order valence-corrected chi connectivity index (χ2v) is 8.49. The van der Waals surface area contributed by atoms with E-state index in [9.17, 15) is 17.6 Å². The normalized spacial score (nSPS) is 15.7. The van der Waals surface area contributed by atoms with Gasteiger partial charge in [0.05, 0.1) is 30.1 Å². The number of fused-ring (bicyclic) bond motifs is 4. The summed E-state index contributed by atoms with van der Waals surface area (Å²) in [6, 6.07) is 13.8. The summed E-state index contributed by atoms with van der Waals surface area (Å²) in [5.74, 6) is -0.529. The maximum absolute atomic E-state index is 13.7. The van der Waals surface area contributed by atoms with Gasteiger partial charge in [-0.15, -0.1) is 0 Å². The molecule has 0 amide bonds. The number of rotatable bonds is 1. The average molecular weight is 477 g/mol. The Morgan fingerprint density at radius 2 is 1.97 bits per heavy atom. The highest BCUT2D eigenvalue weighted by Gasteiger charge is 2.38. The number of halogens is 4. The van der Waals surface area contributed by atoms with Crippen molar-refractivity contribution in [1.82, 2.24) is 24.6 Å². The molecular formula is C25H17F4N6+. The molecule has 1 aliphatic rings. The van der Waals surface area contributed by atoms with E-state index in [1.807, 2.05) is 18.2 Å². The number of alkyl halides is 3. The number of aryl methyl sites for hydroxylation is 1. The van der Waals surface area contributed by atoms with Crippen LogP contribution in [0.25, 0.3) is 32.7 Å². The van der Waals surface area contributed by atoms with Crippen LogP contribution in [0.15, 0.2) is 55.0 Å². The van der Waals surface area contributed by atoms with Crippen LogP contribution in [0, 0.1) is 17.8 Å². The van der Waals surface area contributed by atoms with Crippen LogP contribution in [-0.2, 0) is 19.0 Å². The second kappa shape index (κ2) is 7.91. The summed E-state index contributed by atoms with van der Waals surface area (Å²) >= 11 is 0. The number of benzene rings is 1. The summed E-state index contributed by atoms with van der Waals surface area (Å²) in [7, 11) is 0. The summed E-state index contributed by atoms with van der Waals surface area (Å²) in [5.41, 5.74) is 2.42. The molecule has 1 atom stereocenters. The fourth-order valence-electron chi connectivity index (χ4n) is 4.56. The highest BCUT2D eigenvalue weighted by Crippen LogP contribution is 2.35. The highest BCUT2D eigenvalue weighted by atomic mass is 19.4. The Hall–Kier alpha value is -4.26. The van der Waals surface area contributed by atoms with Crippen LogP contribution < -0.4 is 0 Å². The van der Waals surface area contributed by atoms with Gasteiger partial charge in [-0.2, -0.15) is 18.0 Å². The molecule has 10 heteroatoms. The number of nitrogens with zero attached hydrogens (tertiary/aromatic N) is 5. The Labute approximate surface area is 196 Å². The average Bonchev–Trinajstić information content (AvgIpc) is 3.44. The maximum atomic E-state index is 13.7. The number of para-hydroxylation sites is 1. The van der Waals surface area contributed by atoms with Crippen molar-refractivity contribution < 1.29 is 17.6 Å². The molecule has 0 spiro atoms. The fraction of sp³-hybridized carbons (Fsp3) is 0.200. The van der Waals surface area contributed by atoms with Crippen LogP contribution in [0.4, 0.5) is 23.4 Å². The van der Waals surface area contributed by atoms with E-state index in [0.717, 1.165) is 40.5 Å². The minimum atomic E-state index is -4.66. The maximum Gasteiger partial charge on any atom is 0.423 e. The lowest BCUT2D eigenvalue weighted by Gasteiger charge is -2.15. The van der Waals surface area contributed by atoms with E-state index in [2.05, 4.69) is 37.0 Å². The Kier molecular flexibility index (Phi) is 4.81. The quantitative estimate of drug-likeness (QED) is 0.293. The predicted molar refractivity (Wildman–Crippen MR) is 122 cm³/mol. The summed E-state index contributed by atoms with van der Waals surface area (Å²) in [6.07, 6.45) is 0.736. The summed E-state index contributed by atoms with van der Waals surface area (Å²) in [6.45, 7) is 0. The molecular weight excluding hydrogens is 460 g/mol. The van der Waals surface area contributed by atoms with Crippen molar-refractivity contribution in [3.05, 3.63) is 82.5 Å². The number of nitrogens with one attached hydrogen (secondary N) is 1. The standard InChI is InChI=1S/C25H17F4N6/c26-16-8-15(11-30-12-16)22-9-23(35-24(34-22)19(13-32-35)25(27,28)29)31-10-14-5-6-21-18(7-14)17-3-1-2-4-20(17)33-21/h1-4,8-9,11-14,33H,5-7H2/q+1. The van der Waals surface area contributed by atoms with Gasteiger partial charge in [0.1, 0.15) is 11.4 Å². The molecule has 1 aliphatic carbocycles.